The normalized spacial score (nSPS) is 16.2. The minimum absolute atomic E-state index is 0.0211. The number of oxazole rings is 1. The fourth-order valence-corrected chi connectivity index (χ4v) is 4.60. The van der Waals surface area contributed by atoms with Gasteiger partial charge in [0.25, 0.3) is 0 Å². The Hall–Kier alpha value is -3.92. The van der Waals surface area contributed by atoms with Crippen LogP contribution < -0.4 is 10.2 Å². The number of rotatable bonds is 8. The number of aliphatic hydroxyl groups excluding tert-OH is 1. The molecule has 10 nitrogen and oxygen atoms in total. The van der Waals surface area contributed by atoms with Crippen molar-refractivity contribution in [3.8, 4) is 11.5 Å². The molecule has 1 fully saturated rings. The summed E-state index contributed by atoms with van der Waals surface area (Å²) in [5.41, 5.74) is 5.39. The highest BCUT2D eigenvalue weighted by Crippen LogP contribution is 2.37. The summed E-state index contributed by atoms with van der Waals surface area (Å²) >= 11 is 0. The van der Waals surface area contributed by atoms with Crippen LogP contribution in [0.15, 0.2) is 47.5 Å². The molecule has 5 heterocycles. The molecular formula is C27H32N6O4. The van der Waals surface area contributed by atoms with E-state index in [9.17, 15) is 9.90 Å². The summed E-state index contributed by atoms with van der Waals surface area (Å²) in [7, 11) is 0. The van der Waals surface area contributed by atoms with Gasteiger partial charge in [-0.2, -0.15) is 0 Å². The van der Waals surface area contributed by atoms with Gasteiger partial charge >= 0.3 is 5.97 Å². The van der Waals surface area contributed by atoms with Crippen molar-refractivity contribution in [1.29, 1.82) is 0 Å². The zero-order valence-corrected chi connectivity index (χ0v) is 21.3. The van der Waals surface area contributed by atoms with Crippen molar-refractivity contribution in [3.05, 3.63) is 60.1 Å². The highest BCUT2D eigenvalue weighted by atomic mass is 16.4. The van der Waals surface area contributed by atoms with E-state index in [4.69, 9.17) is 9.52 Å². The maximum Gasteiger partial charge on any atom is 0.303 e. The minimum atomic E-state index is -1.10. The SMILES string of the molecule is Cc1cc(-c2nc(C(O)Nc3cn4cc(CCC(=O)O)nc4cc3N3CCC(C)(C)CC3)co2)ccn1. The molecule has 0 spiro atoms. The first-order valence-electron chi connectivity index (χ1n) is 12.5. The number of carboxylic acid groups (broad SMARTS) is 1. The number of carbonyl (C=O) groups is 1. The summed E-state index contributed by atoms with van der Waals surface area (Å²) < 4.78 is 7.50. The monoisotopic (exact) mass is 504 g/mol. The Morgan fingerprint density at radius 2 is 2.00 bits per heavy atom. The number of nitrogens with zero attached hydrogens (tertiary/aromatic N) is 5. The fraction of sp³-hybridized carbons (Fsp3) is 0.407. The lowest BCUT2D eigenvalue weighted by atomic mass is 9.82. The molecule has 1 atom stereocenters. The first-order chi connectivity index (χ1) is 17.7. The molecule has 1 aliphatic rings. The van der Waals surface area contributed by atoms with Crippen LogP contribution in [0.5, 0.6) is 0 Å². The number of aryl methyl sites for hydroxylation is 2. The largest absolute Gasteiger partial charge is 0.481 e. The summed E-state index contributed by atoms with van der Waals surface area (Å²) in [4.78, 5) is 26.7. The predicted molar refractivity (Wildman–Crippen MR) is 139 cm³/mol. The summed E-state index contributed by atoms with van der Waals surface area (Å²) in [5.74, 6) is -0.443. The second-order valence-corrected chi connectivity index (χ2v) is 10.4. The van der Waals surface area contributed by atoms with Gasteiger partial charge < -0.3 is 29.2 Å². The first kappa shape index (κ1) is 24.8. The van der Waals surface area contributed by atoms with E-state index < -0.39 is 12.2 Å². The quantitative estimate of drug-likeness (QED) is 0.298. The third-order valence-electron chi connectivity index (χ3n) is 6.91. The Labute approximate surface area is 215 Å². The van der Waals surface area contributed by atoms with Crippen molar-refractivity contribution < 1.29 is 19.4 Å². The molecule has 1 unspecified atom stereocenters. The summed E-state index contributed by atoms with van der Waals surface area (Å²) in [6.07, 6.45) is 8.24. The van der Waals surface area contributed by atoms with Gasteiger partial charge in [-0.1, -0.05) is 13.8 Å². The molecule has 5 rings (SSSR count). The number of carboxylic acids is 1. The lowest BCUT2D eigenvalue weighted by molar-refractivity contribution is -0.136. The number of anilines is 2. The van der Waals surface area contributed by atoms with Crippen LogP contribution in [0.4, 0.5) is 11.4 Å². The number of hydrogen-bond donors (Lipinski definition) is 3. The second kappa shape index (κ2) is 9.85. The number of pyridine rings is 2. The van der Waals surface area contributed by atoms with Crippen LogP contribution >= 0.6 is 0 Å². The Bertz CT molecular complexity index is 1420. The standard InChI is InChI=1S/C27H32N6O4/c1-17-12-18(6-9-28-17)26-31-21(16-37-26)25(36)30-20-15-33-14-19(4-5-24(34)35)29-23(33)13-22(20)32-10-7-27(2,3)8-11-32/h6,9,12-16,25,30,36H,4-5,7-8,10-11H2,1-3H3,(H,34,35). The Kier molecular flexibility index (Phi) is 6.59. The molecule has 10 heteroatoms. The third-order valence-corrected chi connectivity index (χ3v) is 6.91. The molecule has 0 amide bonds. The Morgan fingerprint density at radius 3 is 2.73 bits per heavy atom. The van der Waals surface area contributed by atoms with Gasteiger partial charge in [-0.3, -0.25) is 9.78 Å². The number of imidazole rings is 1. The molecule has 1 saturated heterocycles. The number of nitrogens with one attached hydrogen (secondary N) is 1. The van der Waals surface area contributed by atoms with Crippen LogP contribution in [0.25, 0.3) is 17.1 Å². The molecule has 0 aromatic carbocycles. The van der Waals surface area contributed by atoms with Crippen LogP contribution in [-0.2, 0) is 11.2 Å². The van der Waals surface area contributed by atoms with Crippen molar-refractivity contribution in [2.45, 2.75) is 52.7 Å². The predicted octanol–water partition coefficient (Wildman–Crippen LogP) is 4.44. The van der Waals surface area contributed by atoms with Gasteiger partial charge in [0.2, 0.25) is 5.89 Å². The van der Waals surface area contributed by atoms with Gasteiger partial charge in [-0.05, 0) is 37.3 Å². The molecule has 0 saturated carbocycles. The highest BCUT2D eigenvalue weighted by molar-refractivity contribution is 5.74. The zero-order valence-electron chi connectivity index (χ0n) is 21.3. The molecule has 4 aromatic rings. The van der Waals surface area contributed by atoms with Gasteiger partial charge in [0.05, 0.1) is 23.5 Å². The summed E-state index contributed by atoms with van der Waals surface area (Å²) in [6, 6.07) is 5.68. The molecule has 0 aliphatic carbocycles. The van der Waals surface area contributed by atoms with E-state index in [1.54, 1.807) is 6.20 Å². The van der Waals surface area contributed by atoms with Crippen molar-refractivity contribution in [1.82, 2.24) is 19.4 Å². The van der Waals surface area contributed by atoms with E-state index in [0.29, 0.717) is 23.7 Å². The van der Waals surface area contributed by atoms with Gasteiger partial charge in [-0.25, -0.2) is 9.97 Å². The van der Waals surface area contributed by atoms with E-state index in [1.165, 1.54) is 6.26 Å². The van der Waals surface area contributed by atoms with Gasteiger partial charge in [0.1, 0.15) is 17.6 Å². The maximum absolute atomic E-state index is 11.1. The molecule has 4 aromatic heterocycles. The minimum Gasteiger partial charge on any atom is -0.481 e. The van der Waals surface area contributed by atoms with E-state index >= 15 is 0 Å². The number of aliphatic hydroxyl groups is 1. The van der Waals surface area contributed by atoms with Crippen LogP contribution in [0.3, 0.4) is 0 Å². The van der Waals surface area contributed by atoms with E-state index in [2.05, 4.69) is 39.0 Å². The van der Waals surface area contributed by atoms with Crippen LogP contribution in [0.1, 0.15) is 56.4 Å². The topological polar surface area (TPSA) is 129 Å². The smallest absolute Gasteiger partial charge is 0.303 e. The van der Waals surface area contributed by atoms with Gasteiger partial charge in [0, 0.05) is 55.4 Å². The number of piperidine rings is 1. The highest BCUT2D eigenvalue weighted by Gasteiger charge is 2.28. The van der Waals surface area contributed by atoms with Crippen molar-refractivity contribution in [2.75, 3.05) is 23.3 Å². The Morgan fingerprint density at radius 1 is 1.22 bits per heavy atom. The molecular weight excluding hydrogens is 472 g/mol. The molecule has 0 bridgehead atoms. The summed E-state index contributed by atoms with van der Waals surface area (Å²) in [5, 5.41) is 23.3. The molecule has 0 radical (unpaired) electrons. The summed E-state index contributed by atoms with van der Waals surface area (Å²) in [6.45, 7) is 8.23. The number of aliphatic carboxylic acids is 1. The van der Waals surface area contributed by atoms with E-state index in [-0.39, 0.29) is 11.8 Å². The Balaban J connectivity index is 1.44. The van der Waals surface area contributed by atoms with Gasteiger partial charge in [0.15, 0.2) is 6.23 Å². The molecule has 1 aliphatic heterocycles. The van der Waals surface area contributed by atoms with Crippen LogP contribution in [-0.4, -0.2) is 48.6 Å². The third kappa shape index (κ3) is 5.59. The van der Waals surface area contributed by atoms with Gasteiger partial charge in [-0.15, -0.1) is 0 Å². The lowest BCUT2D eigenvalue weighted by Gasteiger charge is -2.39. The number of fused-ring (bicyclic) bond motifs is 1. The number of hydrogen-bond acceptors (Lipinski definition) is 8. The van der Waals surface area contributed by atoms with E-state index in [1.807, 2.05) is 41.9 Å². The van der Waals surface area contributed by atoms with Crippen LogP contribution in [0, 0.1) is 12.3 Å². The van der Waals surface area contributed by atoms with Crippen LogP contribution in [0.2, 0.25) is 0 Å². The first-order valence-corrected chi connectivity index (χ1v) is 12.5. The zero-order chi connectivity index (χ0) is 26.2. The molecule has 37 heavy (non-hydrogen) atoms. The van der Waals surface area contributed by atoms with Crippen molar-refractivity contribution in [3.63, 3.8) is 0 Å². The van der Waals surface area contributed by atoms with Crippen molar-refractivity contribution in [2.24, 2.45) is 5.41 Å². The fourth-order valence-electron chi connectivity index (χ4n) is 4.60. The maximum atomic E-state index is 11.1. The van der Waals surface area contributed by atoms with Crippen molar-refractivity contribution >= 4 is 23.0 Å². The second-order valence-electron chi connectivity index (χ2n) is 10.4. The molecule has 3 N–H and O–H groups in total. The average molecular weight is 505 g/mol. The average Bonchev–Trinajstić information content (AvgIpc) is 3.49. The number of aromatic nitrogens is 4. The molecule has 194 valence electrons. The lowest BCUT2D eigenvalue weighted by Crippen LogP contribution is -2.37. The van der Waals surface area contributed by atoms with E-state index in [0.717, 1.165) is 54.2 Å².